The van der Waals surface area contributed by atoms with Crippen LogP contribution < -0.4 is 14.8 Å². The van der Waals surface area contributed by atoms with Crippen molar-refractivity contribution >= 4 is 39.4 Å². The molecule has 12 heteroatoms. The van der Waals surface area contributed by atoms with Crippen molar-refractivity contribution in [2.24, 2.45) is 0 Å². The summed E-state index contributed by atoms with van der Waals surface area (Å²) in [6.45, 7) is -0.703. The van der Waals surface area contributed by atoms with Crippen molar-refractivity contribution < 1.29 is 37.0 Å². The SMILES string of the molecule is O=C(COC(=O)[C@@H]1CCCN1S(=O)(=O)c1ccc(Cl)cc1)NC(=O)[C@@H]1COc2ccccc2O1. The van der Waals surface area contributed by atoms with Crippen molar-refractivity contribution in [2.75, 3.05) is 19.8 Å². The van der Waals surface area contributed by atoms with Crippen LogP contribution in [-0.4, -0.2) is 62.4 Å². The quantitative estimate of drug-likeness (QED) is 0.582. The normalized spacial score (nSPS) is 19.9. The van der Waals surface area contributed by atoms with Crippen LogP contribution in [0.5, 0.6) is 11.5 Å². The molecule has 34 heavy (non-hydrogen) atoms. The molecule has 2 aliphatic rings. The summed E-state index contributed by atoms with van der Waals surface area (Å²) >= 11 is 5.82. The Morgan fingerprint density at radius 3 is 2.53 bits per heavy atom. The molecule has 1 fully saturated rings. The summed E-state index contributed by atoms with van der Waals surface area (Å²) in [5.41, 5.74) is 0. The molecule has 4 rings (SSSR count). The highest BCUT2D eigenvalue weighted by Gasteiger charge is 2.40. The molecule has 2 amide bonds. The smallest absolute Gasteiger partial charge is 0.324 e. The first-order valence-corrected chi connectivity index (χ1v) is 12.2. The van der Waals surface area contributed by atoms with E-state index < -0.39 is 46.6 Å². The fourth-order valence-corrected chi connectivity index (χ4v) is 5.41. The molecule has 2 aliphatic heterocycles. The van der Waals surface area contributed by atoms with Crippen molar-refractivity contribution in [3.8, 4) is 11.5 Å². The first kappa shape index (κ1) is 24.0. The average molecular weight is 509 g/mol. The number of rotatable bonds is 6. The molecule has 0 bridgehead atoms. The van der Waals surface area contributed by atoms with E-state index in [0.717, 1.165) is 4.31 Å². The van der Waals surface area contributed by atoms with Crippen LogP contribution in [-0.2, 0) is 29.1 Å². The zero-order chi connectivity index (χ0) is 24.3. The molecular weight excluding hydrogens is 488 g/mol. The Hall–Kier alpha value is -3.15. The molecule has 2 heterocycles. The molecule has 0 radical (unpaired) electrons. The van der Waals surface area contributed by atoms with Gasteiger partial charge in [-0.1, -0.05) is 23.7 Å². The van der Waals surface area contributed by atoms with Crippen LogP contribution in [0.15, 0.2) is 53.4 Å². The fourth-order valence-electron chi connectivity index (χ4n) is 3.64. The molecule has 0 unspecified atom stereocenters. The van der Waals surface area contributed by atoms with Gasteiger partial charge in [0.2, 0.25) is 16.1 Å². The van der Waals surface area contributed by atoms with Crippen LogP contribution in [0.1, 0.15) is 12.8 Å². The molecule has 2 atom stereocenters. The van der Waals surface area contributed by atoms with Gasteiger partial charge >= 0.3 is 5.97 Å². The fraction of sp³-hybridized carbons (Fsp3) is 0.318. The molecule has 0 aliphatic carbocycles. The maximum atomic E-state index is 12.9. The molecule has 10 nitrogen and oxygen atoms in total. The van der Waals surface area contributed by atoms with E-state index in [-0.39, 0.29) is 24.5 Å². The van der Waals surface area contributed by atoms with Crippen LogP contribution in [0.2, 0.25) is 5.02 Å². The maximum Gasteiger partial charge on any atom is 0.324 e. The highest BCUT2D eigenvalue weighted by molar-refractivity contribution is 7.89. The van der Waals surface area contributed by atoms with Gasteiger partial charge in [0.15, 0.2) is 18.1 Å². The molecule has 1 N–H and O–H groups in total. The number of nitrogens with zero attached hydrogens (tertiary/aromatic N) is 1. The second kappa shape index (κ2) is 10.00. The van der Waals surface area contributed by atoms with Gasteiger partial charge in [-0.2, -0.15) is 4.31 Å². The molecule has 2 aromatic carbocycles. The lowest BCUT2D eigenvalue weighted by molar-refractivity contribution is -0.153. The Morgan fingerprint density at radius 2 is 1.79 bits per heavy atom. The van der Waals surface area contributed by atoms with Crippen LogP contribution in [0.4, 0.5) is 0 Å². The number of sulfonamides is 1. The standard InChI is InChI=1S/C22H21ClN2O8S/c23-14-7-9-15(10-8-14)34(29,30)25-11-3-4-16(25)22(28)32-13-20(26)24-21(27)19-12-31-17-5-1-2-6-18(17)33-19/h1-2,5-10,16,19H,3-4,11-13H2,(H,24,26,27)/t16-,19-/m0/s1. The number of hydrogen-bond acceptors (Lipinski definition) is 8. The maximum absolute atomic E-state index is 12.9. The van der Waals surface area contributed by atoms with Gasteiger partial charge < -0.3 is 14.2 Å². The molecule has 1 saturated heterocycles. The van der Waals surface area contributed by atoms with E-state index in [1.165, 1.54) is 24.3 Å². The molecule has 0 spiro atoms. The third-order valence-electron chi connectivity index (χ3n) is 5.31. The Bertz CT molecular complexity index is 1200. The zero-order valence-corrected chi connectivity index (χ0v) is 19.4. The monoisotopic (exact) mass is 508 g/mol. The van der Waals surface area contributed by atoms with Gasteiger partial charge in [0.25, 0.3) is 11.8 Å². The highest BCUT2D eigenvalue weighted by Crippen LogP contribution is 2.31. The van der Waals surface area contributed by atoms with Crippen LogP contribution >= 0.6 is 11.6 Å². The van der Waals surface area contributed by atoms with Crippen LogP contribution in [0.25, 0.3) is 0 Å². The number of hydrogen-bond donors (Lipinski definition) is 1. The van der Waals surface area contributed by atoms with Gasteiger partial charge in [-0.25, -0.2) is 8.42 Å². The Morgan fingerprint density at radius 1 is 1.09 bits per heavy atom. The Balaban J connectivity index is 1.31. The summed E-state index contributed by atoms with van der Waals surface area (Å²) in [4.78, 5) is 37.0. The minimum absolute atomic E-state index is 0.00351. The number of para-hydroxylation sites is 2. The number of fused-ring (bicyclic) bond motifs is 1. The van der Waals surface area contributed by atoms with E-state index in [1.54, 1.807) is 24.3 Å². The van der Waals surface area contributed by atoms with E-state index in [0.29, 0.717) is 22.9 Å². The largest absolute Gasteiger partial charge is 0.485 e. The van der Waals surface area contributed by atoms with Crippen LogP contribution in [0, 0.1) is 0 Å². The van der Waals surface area contributed by atoms with Crippen molar-refractivity contribution in [3.63, 3.8) is 0 Å². The van der Waals surface area contributed by atoms with Crippen molar-refractivity contribution in [1.29, 1.82) is 0 Å². The lowest BCUT2D eigenvalue weighted by atomic mass is 10.2. The lowest BCUT2D eigenvalue weighted by Gasteiger charge is -2.25. The average Bonchev–Trinajstić information content (AvgIpc) is 3.33. The predicted molar refractivity (Wildman–Crippen MR) is 119 cm³/mol. The number of benzene rings is 2. The number of halogens is 1. The third kappa shape index (κ3) is 5.16. The van der Waals surface area contributed by atoms with E-state index >= 15 is 0 Å². The summed E-state index contributed by atoms with van der Waals surface area (Å²) in [6.07, 6.45) is -0.347. The number of carbonyl (C=O) groups is 3. The molecule has 180 valence electrons. The highest BCUT2D eigenvalue weighted by atomic mass is 35.5. The summed E-state index contributed by atoms with van der Waals surface area (Å²) in [5.74, 6) is -1.63. The molecular formula is C22H21ClN2O8S. The second-order valence-electron chi connectivity index (χ2n) is 7.61. The third-order valence-corrected chi connectivity index (χ3v) is 7.48. The van der Waals surface area contributed by atoms with E-state index in [2.05, 4.69) is 5.32 Å². The topological polar surface area (TPSA) is 128 Å². The number of amides is 2. The van der Waals surface area contributed by atoms with Crippen molar-refractivity contribution in [1.82, 2.24) is 9.62 Å². The first-order valence-electron chi connectivity index (χ1n) is 10.4. The lowest BCUT2D eigenvalue weighted by Crippen LogP contribution is -2.47. The summed E-state index contributed by atoms with van der Waals surface area (Å²) in [5, 5.41) is 2.48. The van der Waals surface area contributed by atoms with E-state index in [1.807, 2.05) is 0 Å². The van der Waals surface area contributed by atoms with Gasteiger partial charge in [-0.15, -0.1) is 0 Å². The number of ether oxygens (including phenoxy) is 3. The van der Waals surface area contributed by atoms with Gasteiger partial charge in [0.1, 0.15) is 12.6 Å². The molecule has 0 saturated carbocycles. The minimum Gasteiger partial charge on any atom is -0.485 e. The van der Waals surface area contributed by atoms with Crippen molar-refractivity contribution in [3.05, 3.63) is 53.6 Å². The zero-order valence-electron chi connectivity index (χ0n) is 17.8. The van der Waals surface area contributed by atoms with E-state index in [4.69, 9.17) is 25.8 Å². The van der Waals surface area contributed by atoms with Crippen LogP contribution in [0.3, 0.4) is 0 Å². The number of carbonyl (C=O) groups excluding carboxylic acids is 3. The van der Waals surface area contributed by atoms with E-state index in [9.17, 15) is 22.8 Å². The van der Waals surface area contributed by atoms with Gasteiger partial charge in [-0.3, -0.25) is 19.7 Å². The number of esters is 1. The predicted octanol–water partition coefficient (Wildman–Crippen LogP) is 1.52. The molecule has 2 aromatic rings. The van der Waals surface area contributed by atoms with Gasteiger partial charge in [0.05, 0.1) is 4.90 Å². The Kier molecular flexibility index (Phi) is 7.05. The minimum atomic E-state index is -3.96. The number of imide groups is 1. The first-order chi connectivity index (χ1) is 16.3. The number of nitrogens with one attached hydrogen (secondary N) is 1. The second-order valence-corrected chi connectivity index (χ2v) is 9.94. The Labute approximate surface area is 200 Å². The molecule has 0 aromatic heterocycles. The van der Waals surface area contributed by atoms with Gasteiger partial charge in [0, 0.05) is 11.6 Å². The van der Waals surface area contributed by atoms with Crippen molar-refractivity contribution in [2.45, 2.75) is 29.9 Å². The summed E-state index contributed by atoms with van der Waals surface area (Å²) in [7, 11) is -3.96. The summed E-state index contributed by atoms with van der Waals surface area (Å²) < 4.78 is 42.9. The van der Waals surface area contributed by atoms with Gasteiger partial charge in [-0.05, 0) is 49.2 Å². The summed E-state index contributed by atoms with van der Waals surface area (Å²) in [6, 6.07) is 11.3.